The molecule has 0 aliphatic carbocycles. The Morgan fingerprint density at radius 3 is 2.40 bits per heavy atom. The van der Waals surface area contributed by atoms with Gasteiger partial charge < -0.3 is 5.73 Å². The molecule has 0 unspecified atom stereocenters. The van der Waals surface area contributed by atoms with Crippen molar-refractivity contribution in [2.75, 3.05) is 5.73 Å². The zero-order chi connectivity index (χ0) is 7.98. The van der Waals surface area contributed by atoms with Gasteiger partial charge >= 0.3 is 0 Å². The fourth-order valence-electron chi connectivity index (χ4n) is 0.325. The van der Waals surface area contributed by atoms with Crippen LogP contribution in [0.4, 0.5) is 5.69 Å². The van der Waals surface area contributed by atoms with Crippen LogP contribution in [0.3, 0.4) is 0 Å². The summed E-state index contributed by atoms with van der Waals surface area (Å²) < 4.78 is 0. The number of hydrogen-bond donors (Lipinski definition) is 1. The maximum Gasteiger partial charge on any atom is 0.155 e. The summed E-state index contributed by atoms with van der Waals surface area (Å²) in [6, 6.07) is 0. The van der Waals surface area contributed by atoms with Crippen molar-refractivity contribution >= 4 is 17.3 Å². The second-order valence-corrected chi connectivity index (χ2v) is 1.63. The highest BCUT2D eigenvalue weighted by atomic mass is 35.5. The van der Waals surface area contributed by atoms with Crippen LogP contribution in [0, 0.1) is 0 Å². The molecule has 0 saturated carbocycles. The third kappa shape index (κ3) is 2.64. The molecule has 1 heterocycles. The maximum absolute atomic E-state index is 5.43. The van der Waals surface area contributed by atoms with Crippen molar-refractivity contribution < 1.29 is 0 Å². The normalized spacial score (nSPS) is 7.90. The second kappa shape index (κ2) is 4.99. The van der Waals surface area contributed by atoms with Crippen LogP contribution in [0.5, 0.6) is 0 Å². The SMILES string of the molecule is CC.Nc1cncnc1Cl. The number of hydrogen-bond acceptors (Lipinski definition) is 3. The minimum atomic E-state index is 0.306. The van der Waals surface area contributed by atoms with Crippen molar-refractivity contribution in [2.24, 2.45) is 0 Å². The van der Waals surface area contributed by atoms with Gasteiger partial charge in [0.05, 0.1) is 11.9 Å². The van der Waals surface area contributed by atoms with E-state index in [0.717, 1.165) is 0 Å². The van der Waals surface area contributed by atoms with Crippen molar-refractivity contribution in [3.05, 3.63) is 17.7 Å². The zero-order valence-electron chi connectivity index (χ0n) is 6.00. The Labute approximate surface area is 65.2 Å². The van der Waals surface area contributed by atoms with Gasteiger partial charge in [0.25, 0.3) is 0 Å². The van der Waals surface area contributed by atoms with E-state index in [2.05, 4.69) is 9.97 Å². The van der Waals surface area contributed by atoms with Crippen LogP contribution >= 0.6 is 11.6 Å². The van der Waals surface area contributed by atoms with Gasteiger partial charge in [-0.05, 0) is 0 Å². The molecule has 1 aromatic rings. The van der Waals surface area contributed by atoms with Crippen LogP contribution in [-0.4, -0.2) is 9.97 Å². The van der Waals surface area contributed by atoms with Crippen molar-refractivity contribution in [3.63, 3.8) is 0 Å². The lowest BCUT2D eigenvalue weighted by Crippen LogP contribution is -1.88. The number of rotatable bonds is 0. The van der Waals surface area contributed by atoms with Gasteiger partial charge in [-0.1, -0.05) is 25.4 Å². The van der Waals surface area contributed by atoms with Gasteiger partial charge in [-0.25, -0.2) is 9.97 Å². The largest absolute Gasteiger partial charge is 0.395 e. The first kappa shape index (κ1) is 9.17. The minimum absolute atomic E-state index is 0.306. The van der Waals surface area contributed by atoms with Gasteiger partial charge in [-0.3, -0.25) is 0 Å². The van der Waals surface area contributed by atoms with E-state index in [1.165, 1.54) is 12.5 Å². The first-order valence-electron chi connectivity index (χ1n) is 3.01. The molecular weight excluding hydrogens is 150 g/mol. The van der Waals surface area contributed by atoms with Gasteiger partial charge in [0, 0.05) is 0 Å². The highest BCUT2D eigenvalue weighted by molar-refractivity contribution is 6.31. The predicted octanol–water partition coefficient (Wildman–Crippen LogP) is 1.74. The summed E-state index contributed by atoms with van der Waals surface area (Å²) >= 11 is 5.43. The third-order valence-electron chi connectivity index (χ3n) is 0.690. The minimum Gasteiger partial charge on any atom is -0.395 e. The fourth-order valence-corrected chi connectivity index (χ4v) is 0.418. The maximum atomic E-state index is 5.43. The summed E-state index contributed by atoms with van der Waals surface area (Å²) in [5.74, 6) is 0. The average Bonchev–Trinajstić information content (AvgIpc) is 2.00. The van der Waals surface area contributed by atoms with Gasteiger partial charge in [-0.15, -0.1) is 0 Å². The topological polar surface area (TPSA) is 51.8 Å². The molecule has 2 N–H and O–H groups in total. The quantitative estimate of drug-likeness (QED) is 0.587. The lowest BCUT2D eigenvalue weighted by atomic mass is 10.6. The Morgan fingerprint density at radius 2 is 2.10 bits per heavy atom. The third-order valence-corrected chi connectivity index (χ3v) is 1.01. The molecule has 0 aromatic carbocycles. The molecule has 0 atom stereocenters. The highest BCUT2D eigenvalue weighted by Gasteiger charge is 1.90. The molecule has 0 bridgehead atoms. The summed E-state index contributed by atoms with van der Waals surface area (Å²) in [5, 5.41) is 0.306. The van der Waals surface area contributed by atoms with Crippen LogP contribution in [0.25, 0.3) is 0 Å². The molecule has 1 aromatic heterocycles. The molecule has 1 rings (SSSR count). The van der Waals surface area contributed by atoms with E-state index < -0.39 is 0 Å². The number of nitrogen functional groups attached to an aromatic ring is 1. The number of nitrogens with zero attached hydrogens (tertiary/aromatic N) is 2. The number of aromatic nitrogens is 2. The molecule has 0 aliphatic rings. The smallest absolute Gasteiger partial charge is 0.155 e. The molecule has 0 spiro atoms. The van der Waals surface area contributed by atoms with E-state index >= 15 is 0 Å². The van der Waals surface area contributed by atoms with Crippen molar-refractivity contribution in [1.29, 1.82) is 0 Å². The van der Waals surface area contributed by atoms with Gasteiger partial charge in [0.15, 0.2) is 5.15 Å². The van der Waals surface area contributed by atoms with E-state index in [1.54, 1.807) is 0 Å². The van der Waals surface area contributed by atoms with E-state index in [1.807, 2.05) is 13.8 Å². The van der Waals surface area contributed by atoms with E-state index in [0.29, 0.717) is 10.8 Å². The molecule has 0 saturated heterocycles. The highest BCUT2D eigenvalue weighted by Crippen LogP contribution is 2.09. The first-order valence-corrected chi connectivity index (χ1v) is 3.39. The number of anilines is 1. The molecular formula is C6H10ClN3. The Morgan fingerprint density at radius 1 is 1.50 bits per heavy atom. The van der Waals surface area contributed by atoms with Crippen LogP contribution in [0.1, 0.15) is 13.8 Å². The van der Waals surface area contributed by atoms with E-state index in [9.17, 15) is 0 Å². The van der Waals surface area contributed by atoms with E-state index in [4.69, 9.17) is 17.3 Å². The Kier molecular flexibility index (Phi) is 4.58. The van der Waals surface area contributed by atoms with Crippen molar-refractivity contribution in [3.8, 4) is 0 Å². The van der Waals surface area contributed by atoms with Gasteiger partial charge in [-0.2, -0.15) is 0 Å². The summed E-state index contributed by atoms with van der Waals surface area (Å²) in [5.41, 5.74) is 5.67. The van der Waals surface area contributed by atoms with Crippen molar-refractivity contribution in [2.45, 2.75) is 13.8 Å². The van der Waals surface area contributed by atoms with Crippen LogP contribution in [-0.2, 0) is 0 Å². The lowest BCUT2D eigenvalue weighted by molar-refractivity contribution is 1.17. The molecule has 0 amide bonds. The second-order valence-electron chi connectivity index (χ2n) is 1.27. The van der Waals surface area contributed by atoms with Crippen LogP contribution in [0.15, 0.2) is 12.5 Å². The molecule has 0 fully saturated rings. The van der Waals surface area contributed by atoms with Crippen molar-refractivity contribution in [1.82, 2.24) is 9.97 Å². The predicted molar refractivity (Wildman–Crippen MR) is 42.8 cm³/mol. The van der Waals surface area contributed by atoms with E-state index in [-0.39, 0.29) is 0 Å². The molecule has 10 heavy (non-hydrogen) atoms. The van der Waals surface area contributed by atoms with Gasteiger partial charge in [0.2, 0.25) is 0 Å². The Balaban J connectivity index is 0.000000371. The molecule has 56 valence electrons. The molecule has 0 aliphatic heterocycles. The van der Waals surface area contributed by atoms with Gasteiger partial charge in [0.1, 0.15) is 6.33 Å². The number of nitrogens with two attached hydrogens (primary N) is 1. The first-order chi connectivity index (χ1) is 4.80. The summed E-state index contributed by atoms with van der Waals surface area (Å²) in [7, 11) is 0. The summed E-state index contributed by atoms with van der Waals surface area (Å²) in [6.07, 6.45) is 2.80. The summed E-state index contributed by atoms with van der Waals surface area (Å²) in [6.45, 7) is 4.00. The Hall–Kier alpha value is -0.830. The Bertz CT molecular complexity index is 169. The number of halogens is 1. The average molecular weight is 160 g/mol. The molecule has 4 heteroatoms. The monoisotopic (exact) mass is 159 g/mol. The van der Waals surface area contributed by atoms with Crippen LogP contribution in [0.2, 0.25) is 5.15 Å². The fraction of sp³-hybridized carbons (Fsp3) is 0.333. The lowest BCUT2D eigenvalue weighted by Gasteiger charge is -1.89. The standard InChI is InChI=1S/C4H4ClN3.C2H6/c5-4-3(6)1-7-2-8-4;1-2/h1-2H,6H2;1-2H3. The summed E-state index contributed by atoms with van der Waals surface area (Å²) in [4.78, 5) is 7.23. The molecule has 3 nitrogen and oxygen atoms in total. The zero-order valence-corrected chi connectivity index (χ0v) is 6.76. The van der Waals surface area contributed by atoms with Crippen LogP contribution < -0.4 is 5.73 Å². The molecule has 0 radical (unpaired) electrons.